The van der Waals surface area contributed by atoms with Crippen molar-refractivity contribution < 1.29 is 34.2 Å². The summed E-state index contributed by atoms with van der Waals surface area (Å²) in [5.74, 6) is -4.32. The first-order valence-electron chi connectivity index (χ1n) is 9.87. The summed E-state index contributed by atoms with van der Waals surface area (Å²) in [7, 11) is 0. The monoisotopic (exact) mass is 451 g/mol. The van der Waals surface area contributed by atoms with Crippen LogP contribution in [0.5, 0.6) is 0 Å². The van der Waals surface area contributed by atoms with Crippen molar-refractivity contribution in [2.75, 3.05) is 6.54 Å². The van der Waals surface area contributed by atoms with Gasteiger partial charge >= 0.3 is 5.97 Å². The van der Waals surface area contributed by atoms with Gasteiger partial charge in [-0.15, -0.1) is 0 Å². The van der Waals surface area contributed by atoms with E-state index >= 15 is 0 Å². The van der Waals surface area contributed by atoms with Crippen LogP contribution >= 0.6 is 0 Å². The third-order valence-electron chi connectivity index (χ3n) is 4.44. The lowest BCUT2D eigenvalue weighted by atomic mass is 10.0. The van der Waals surface area contributed by atoms with Gasteiger partial charge in [0.1, 0.15) is 12.1 Å². The third-order valence-corrected chi connectivity index (χ3v) is 4.44. The van der Waals surface area contributed by atoms with Crippen LogP contribution in [0.15, 0.2) is 30.3 Å². The van der Waals surface area contributed by atoms with Gasteiger partial charge in [-0.2, -0.15) is 0 Å². The second-order valence-electron chi connectivity index (χ2n) is 7.20. The maximum absolute atomic E-state index is 12.5. The van der Waals surface area contributed by atoms with Gasteiger partial charge < -0.3 is 37.6 Å². The van der Waals surface area contributed by atoms with Crippen molar-refractivity contribution in [1.82, 2.24) is 16.0 Å². The molecule has 176 valence electrons. The zero-order chi connectivity index (χ0) is 24.3. The number of aliphatic hydroxyl groups is 1. The number of aliphatic hydroxyl groups excluding tert-OH is 1. The molecule has 0 aliphatic heterocycles. The number of hydrogen-bond donors (Lipinski definition) is 7. The first kappa shape index (κ1) is 26.5. The highest BCUT2D eigenvalue weighted by Gasteiger charge is 2.30. The number of rotatable bonds is 13. The van der Waals surface area contributed by atoms with Crippen molar-refractivity contribution in [2.45, 2.75) is 50.4 Å². The van der Waals surface area contributed by atoms with Crippen molar-refractivity contribution in [3.8, 4) is 0 Å². The van der Waals surface area contributed by atoms with E-state index in [9.17, 15) is 34.2 Å². The Labute approximate surface area is 184 Å². The molecule has 4 unspecified atom stereocenters. The summed E-state index contributed by atoms with van der Waals surface area (Å²) in [6.45, 7) is 0.696. The molecule has 0 bridgehead atoms. The molecule has 0 radical (unpaired) electrons. The van der Waals surface area contributed by atoms with Gasteiger partial charge in [-0.25, -0.2) is 4.79 Å². The maximum Gasteiger partial charge on any atom is 0.326 e. The first-order valence-corrected chi connectivity index (χ1v) is 9.87. The predicted molar refractivity (Wildman–Crippen MR) is 113 cm³/mol. The first-order chi connectivity index (χ1) is 15.0. The van der Waals surface area contributed by atoms with E-state index in [4.69, 9.17) is 11.5 Å². The Morgan fingerprint density at radius 3 is 2.19 bits per heavy atom. The SMILES string of the molecule is CC(O)C(NC(=O)CNC(=O)C(N)CCC(N)=O)C(=O)NC(Cc1ccccc1)C(=O)O. The molecule has 0 aromatic heterocycles. The highest BCUT2D eigenvalue weighted by molar-refractivity contribution is 5.93. The van der Waals surface area contributed by atoms with E-state index in [1.165, 1.54) is 6.92 Å². The molecular formula is C20H29N5O7. The van der Waals surface area contributed by atoms with E-state index in [0.29, 0.717) is 5.56 Å². The third kappa shape index (κ3) is 9.53. The van der Waals surface area contributed by atoms with Crippen LogP contribution in [0, 0.1) is 0 Å². The van der Waals surface area contributed by atoms with Crippen LogP contribution in [-0.2, 0) is 30.4 Å². The van der Waals surface area contributed by atoms with Gasteiger partial charge in [0.05, 0.1) is 18.7 Å². The number of carboxylic acids is 1. The molecule has 1 rings (SSSR count). The fraction of sp³-hybridized carbons (Fsp3) is 0.450. The molecule has 0 spiro atoms. The fourth-order valence-electron chi connectivity index (χ4n) is 2.67. The van der Waals surface area contributed by atoms with Gasteiger partial charge in [-0.05, 0) is 18.9 Å². The molecular weight excluding hydrogens is 422 g/mol. The number of amides is 4. The molecule has 12 heteroatoms. The van der Waals surface area contributed by atoms with Crippen LogP contribution in [0.2, 0.25) is 0 Å². The molecule has 0 heterocycles. The van der Waals surface area contributed by atoms with Crippen LogP contribution < -0.4 is 27.4 Å². The van der Waals surface area contributed by atoms with E-state index in [2.05, 4.69) is 16.0 Å². The molecule has 32 heavy (non-hydrogen) atoms. The molecule has 1 aromatic rings. The van der Waals surface area contributed by atoms with Crippen molar-refractivity contribution in [3.63, 3.8) is 0 Å². The van der Waals surface area contributed by atoms with Gasteiger partial charge in [0.25, 0.3) is 0 Å². The zero-order valence-electron chi connectivity index (χ0n) is 17.6. The Morgan fingerprint density at radius 2 is 1.66 bits per heavy atom. The van der Waals surface area contributed by atoms with Crippen molar-refractivity contribution in [3.05, 3.63) is 35.9 Å². The number of primary amides is 1. The Morgan fingerprint density at radius 1 is 1.03 bits per heavy atom. The normalized spacial score (nSPS) is 14.3. The quantitative estimate of drug-likeness (QED) is 0.168. The highest BCUT2D eigenvalue weighted by Crippen LogP contribution is 2.05. The summed E-state index contributed by atoms with van der Waals surface area (Å²) < 4.78 is 0. The molecule has 0 fully saturated rings. The molecule has 1 aromatic carbocycles. The molecule has 0 aliphatic rings. The summed E-state index contributed by atoms with van der Waals surface area (Å²) in [6.07, 6.45) is -1.45. The molecule has 0 aliphatic carbocycles. The Bertz CT molecular complexity index is 816. The number of carbonyl (C=O) groups is 5. The Kier molecular flexibility index (Phi) is 10.8. The van der Waals surface area contributed by atoms with E-state index in [0.717, 1.165) is 0 Å². The second-order valence-corrected chi connectivity index (χ2v) is 7.20. The number of carboxylic acid groups (broad SMARTS) is 1. The minimum Gasteiger partial charge on any atom is -0.480 e. The zero-order valence-corrected chi connectivity index (χ0v) is 17.6. The number of nitrogens with two attached hydrogens (primary N) is 2. The fourth-order valence-corrected chi connectivity index (χ4v) is 2.67. The second kappa shape index (κ2) is 13.0. The van der Waals surface area contributed by atoms with Crippen molar-refractivity contribution >= 4 is 29.6 Å². The van der Waals surface area contributed by atoms with Crippen molar-refractivity contribution in [2.24, 2.45) is 11.5 Å². The number of carbonyl (C=O) groups excluding carboxylic acids is 4. The Balaban J connectivity index is 2.65. The van der Waals surface area contributed by atoms with E-state index in [1.807, 2.05) is 0 Å². The van der Waals surface area contributed by atoms with Gasteiger partial charge in [0.2, 0.25) is 23.6 Å². The number of hydrogen-bond acceptors (Lipinski definition) is 7. The van der Waals surface area contributed by atoms with Gasteiger partial charge in [0, 0.05) is 12.8 Å². The van der Waals surface area contributed by atoms with Crippen LogP contribution in [0.1, 0.15) is 25.3 Å². The standard InChI is InChI=1S/C20H29N5O7/c1-11(26)17(25-16(28)10-23-18(29)13(21)7-8-15(22)27)19(30)24-14(20(31)32)9-12-5-3-2-4-6-12/h2-6,11,13-14,17,26H,7-10,21H2,1H3,(H2,22,27)(H,23,29)(H,24,30)(H,25,28)(H,31,32). The topological polar surface area (TPSA) is 214 Å². The summed E-state index contributed by atoms with van der Waals surface area (Å²) >= 11 is 0. The average molecular weight is 451 g/mol. The molecule has 4 amide bonds. The van der Waals surface area contributed by atoms with Crippen LogP contribution in [0.3, 0.4) is 0 Å². The maximum atomic E-state index is 12.5. The van der Waals surface area contributed by atoms with Crippen LogP contribution in [0.25, 0.3) is 0 Å². The summed E-state index contributed by atoms with van der Waals surface area (Å²) in [5.41, 5.74) is 11.2. The lowest BCUT2D eigenvalue weighted by Crippen LogP contribution is -2.57. The largest absolute Gasteiger partial charge is 0.480 e. The molecule has 12 nitrogen and oxygen atoms in total. The summed E-state index contributed by atoms with van der Waals surface area (Å²) in [4.78, 5) is 58.8. The average Bonchev–Trinajstić information content (AvgIpc) is 2.73. The Hall–Kier alpha value is -3.51. The lowest BCUT2D eigenvalue weighted by Gasteiger charge is -2.23. The van der Waals surface area contributed by atoms with Crippen LogP contribution in [0.4, 0.5) is 0 Å². The molecule has 0 saturated heterocycles. The van der Waals surface area contributed by atoms with Gasteiger partial charge in [-0.3, -0.25) is 19.2 Å². The molecule has 0 saturated carbocycles. The number of aliphatic carboxylic acids is 1. The predicted octanol–water partition coefficient (Wildman–Crippen LogP) is -2.63. The van der Waals surface area contributed by atoms with E-state index < -0.39 is 60.4 Å². The van der Waals surface area contributed by atoms with E-state index in [-0.39, 0.29) is 19.3 Å². The molecule has 9 N–H and O–H groups in total. The number of nitrogens with one attached hydrogen (secondary N) is 3. The highest BCUT2D eigenvalue weighted by atomic mass is 16.4. The van der Waals surface area contributed by atoms with E-state index in [1.54, 1.807) is 30.3 Å². The summed E-state index contributed by atoms with van der Waals surface area (Å²) in [5, 5.41) is 26.1. The lowest BCUT2D eigenvalue weighted by molar-refractivity contribution is -0.143. The molecule has 4 atom stereocenters. The van der Waals surface area contributed by atoms with Crippen LogP contribution in [-0.4, -0.2) is 70.6 Å². The number of benzene rings is 1. The minimum absolute atomic E-state index is 0.000514. The summed E-state index contributed by atoms with van der Waals surface area (Å²) in [6, 6.07) is 4.82. The minimum atomic E-state index is -1.46. The van der Waals surface area contributed by atoms with Crippen molar-refractivity contribution in [1.29, 1.82) is 0 Å². The van der Waals surface area contributed by atoms with Gasteiger partial charge in [0.15, 0.2) is 0 Å². The van der Waals surface area contributed by atoms with Gasteiger partial charge in [-0.1, -0.05) is 30.3 Å². The smallest absolute Gasteiger partial charge is 0.326 e.